The summed E-state index contributed by atoms with van der Waals surface area (Å²) in [7, 11) is -1.30. The molecule has 3 nitrogen and oxygen atoms in total. The molecule has 1 aromatic rings. The van der Waals surface area contributed by atoms with Gasteiger partial charge in [0.1, 0.15) is 5.76 Å². The molecule has 0 amide bonds. The van der Waals surface area contributed by atoms with E-state index in [1.165, 1.54) is 63.6 Å². The number of hydrogen-bond acceptors (Lipinski definition) is 2. The van der Waals surface area contributed by atoms with Gasteiger partial charge in [0.2, 0.25) is 7.37 Å². The van der Waals surface area contributed by atoms with Crippen molar-refractivity contribution in [1.82, 2.24) is 0 Å². The number of allylic oxidation sites excluding steroid dienone is 3. The molecule has 4 rings (SSSR count). The van der Waals surface area contributed by atoms with Gasteiger partial charge in [0.25, 0.3) is 0 Å². The van der Waals surface area contributed by atoms with E-state index in [1.54, 1.807) is 18.3 Å². The molecule has 1 fully saturated rings. The third-order valence-corrected chi connectivity index (χ3v) is 7.49. The van der Waals surface area contributed by atoms with Gasteiger partial charge in [-0.1, -0.05) is 35.8 Å². The molecule has 3 aliphatic carbocycles. The van der Waals surface area contributed by atoms with Gasteiger partial charge in [-0.2, -0.15) is 0 Å². The van der Waals surface area contributed by atoms with Gasteiger partial charge in [-0.15, -0.1) is 0 Å². The lowest BCUT2D eigenvalue weighted by Gasteiger charge is -2.43. The molecule has 1 aromatic carbocycles. The molecule has 0 radical (unpaired) electrons. The van der Waals surface area contributed by atoms with Crippen LogP contribution in [0.1, 0.15) is 62.5 Å². The summed E-state index contributed by atoms with van der Waals surface area (Å²) in [6.07, 6.45) is 10.5. The van der Waals surface area contributed by atoms with E-state index < -0.39 is 7.37 Å². The van der Waals surface area contributed by atoms with Crippen LogP contribution in [-0.2, 0) is 15.5 Å². The van der Waals surface area contributed by atoms with Crippen LogP contribution >= 0.6 is 7.37 Å². The van der Waals surface area contributed by atoms with E-state index in [-0.39, 0.29) is 6.16 Å². The van der Waals surface area contributed by atoms with Crippen LogP contribution in [0, 0.1) is 11.8 Å². The first-order valence-corrected chi connectivity index (χ1v) is 12.6. The van der Waals surface area contributed by atoms with E-state index in [0.717, 1.165) is 16.9 Å². The van der Waals surface area contributed by atoms with E-state index in [2.05, 4.69) is 12.1 Å². The van der Waals surface area contributed by atoms with Crippen LogP contribution in [0.4, 0.5) is 0 Å². The smallest absolute Gasteiger partial charge is 0.201 e. The van der Waals surface area contributed by atoms with Crippen molar-refractivity contribution in [3.05, 3.63) is 52.1 Å². The van der Waals surface area contributed by atoms with Gasteiger partial charge in [-0.25, -0.2) is 0 Å². The monoisotopic (exact) mass is 386 g/mol. The van der Waals surface area contributed by atoms with Crippen LogP contribution in [0.3, 0.4) is 0 Å². The summed E-state index contributed by atoms with van der Waals surface area (Å²) in [5.74, 6) is 2.18. The summed E-state index contributed by atoms with van der Waals surface area (Å²) < 4.78 is 17.9. The highest BCUT2D eigenvalue weighted by molar-refractivity contribution is 7.56. The van der Waals surface area contributed by atoms with Crippen molar-refractivity contribution < 1.29 is 14.2 Å². The first kappa shape index (κ1) is 19.0. The van der Waals surface area contributed by atoms with Crippen molar-refractivity contribution in [3.63, 3.8) is 0 Å². The van der Waals surface area contributed by atoms with Crippen LogP contribution in [0.15, 0.2) is 41.0 Å². The lowest BCUT2D eigenvalue weighted by atomic mass is 9.62. The number of methoxy groups -OCH3 is 1. The lowest BCUT2D eigenvalue weighted by molar-refractivity contribution is 0.311. The molecule has 0 heterocycles. The second kappa shape index (κ2) is 7.60. The quantitative estimate of drug-likeness (QED) is 0.384. The fourth-order valence-electron chi connectivity index (χ4n) is 5.58. The standard InChI is InChI=1S/C23H31O3P/c1-26-23(19-10-5-7-16(13-19)15-27(2,24)25)22-18-9-6-12-21(22)20-11-4-3-8-17(20)14-18/h5,7,10,13,18,21H,3-4,6,8-9,11-12,14-15H2,1-2H3,(H,24,25). The molecular weight excluding hydrogens is 355 g/mol. The predicted octanol–water partition coefficient (Wildman–Crippen LogP) is 6.13. The normalized spacial score (nSPS) is 29.0. The van der Waals surface area contributed by atoms with Gasteiger partial charge >= 0.3 is 0 Å². The molecule has 4 heteroatoms. The van der Waals surface area contributed by atoms with Gasteiger partial charge in [-0.3, -0.25) is 4.57 Å². The zero-order valence-corrected chi connectivity index (χ0v) is 17.4. The Morgan fingerprint density at radius 2 is 2.04 bits per heavy atom. The minimum atomic E-state index is -3.08. The van der Waals surface area contributed by atoms with Crippen molar-refractivity contribution in [2.45, 2.75) is 57.5 Å². The van der Waals surface area contributed by atoms with Crippen LogP contribution in [0.25, 0.3) is 5.76 Å². The molecule has 1 saturated carbocycles. The van der Waals surface area contributed by atoms with Gasteiger partial charge in [-0.05, 0) is 68.1 Å². The molecule has 0 aliphatic heterocycles. The van der Waals surface area contributed by atoms with E-state index in [1.807, 2.05) is 12.1 Å². The third kappa shape index (κ3) is 3.96. The average molecular weight is 386 g/mol. The molecule has 3 atom stereocenters. The first-order chi connectivity index (χ1) is 13.0. The Balaban J connectivity index is 1.77. The SMILES string of the molecule is COC(=C1C2CCCC1C1=C(CCCC1)C2)c1cccc(CP(C)(=O)O)c1. The van der Waals surface area contributed by atoms with Crippen molar-refractivity contribution in [3.8, 4) is 0 Å². The maximum atomic E-state index is 11.9. The van der Waals surface area contributed by atoms with E-state index in [4.69, 9.17) is 4.74 Å². The Bertz CT molecular complexity index is 830. The number of hydrogen-bond donors (Lipinski definition) is 1. The average Bonchev–Trinajstić information content (AvgIpc) is 2.61. The molecule has 2 bridgehead atoms. The van der Waals surface area contributed by atoms with Crippen LogP contribution in [0.2, 0.25) is 0 Å². The highest BCUT2D eigenvalue weighted by Crippen LogP contribution is 2.53. The molecular formula is C23H31O3P. The highest BCUT2D eigenvalue weighted by atomic mass is 31.2. The molecule has 1 N–H and O–H groups in total. The number of benzene rings is 1. The Kier molecular flexibility index (Phi) is 5.36. The fraction of sp³-hybridized carbons (Fsp3) is 0.565. The molecule has 0 aromatic heterocycles. The van der Waals surface area contributed by atoms with Gasteiger partial charge in [0.15, 0.2) is 0 Å². The number of rotatable bonds is 4. The minimum absolute atomic E-state index is 0.218. The first-order valence-electron chi connectivity index (χ1n) is 10.3. The molecule has 146 valence electrons. The summed E-state index contributed by atoms with van der Waals surface area (Å²) >= 11 is 0. The molecule has 27 heavy (non-hydrogen) atoms. The highest BCUT2D eigenvalue weighted by Gasteiger charge is 2.39. The van der Waals surface area contributed by atoms with Gasteiger partial charge < -0.3 is 9.63 Å². The Morgan fingerprint density at radius 1 is 1.22 bits per heavy atom. The van der Waals surface area contributed by atoms with Crippen molar-refractivity contribution in [1.29, 1.82) is 0 Å². The second-order valence-electron chi connectivity index (χ2n) is 8.62. The van der Waals surface area contributed by atoms with Crippen molar-refractivity contribution in [2.75, 3.05) is 13.8 Å². The van der Waals surface area contributed by atoms with E-state index >= 15 is 0 Å². The Morgan fingerprint density at radius 3 is 2.81 bits per heavy atom. The Labute approximate surface area is 163 Å². The largest absolute Gasteiger partial charge is 0.496 e. The summed E-state index contributed by atoms with van der Waals surface area (Å²) in [6, 6.07) is 8.08. The number of ether oxygens (including phenoxy) is 1. The molecule has 3 unspecified atom stereocenters. The number of fused-ring (bicyclic) bond motifs is 3. The van der Waals surface area contributed by atoms with Gasteiger partial charge in [0.05, 0.1) is 7.11 Å². The second-order valence-corrected chi connectivity index (χ2v) is 11.0. The predicted molar refractivity (Wildman–Crippen MR) is 111 cm³/mol. The van der Waals surface area contributed by atoms with Crippen LogP contribution in [-0.4, -0.2) is 18.7 Å². The van der Waals surface area contributed by atoms with E-state index in [9.17, 15) is 9.46 Å². The van der Waals surface area contributed by atoms with Crippen LogP contribution < -0.4 is 0 Å². The lowest BCUT2D eigenvalue weighted by Crippen LogP contribution is -2.30. The van der Waals surface area contributed by atoms with E-state index in [0.29, 0.717) is 11.8 Å². The maximum absolute atomic E-state index is 11.9. The maximum Gasteiger partial charge on any atom is 0.201 e. The third-order valence-electron chi connectivity index (χ3n) is 6.53. The zero-order valence-electron chi connectivity index (χ0n) is 16.5. The minimum Gasteiger partial charge on any atom is -0.496 e. The molecule has 3 aliphatic rings. The molecule has 0 spiro atoms. The summed E-state index contributed by atoms with van der Waals surface area (Å²) in [6.45, 7) is 1.43. The summed E-state index contributed by atoms with van der Waals surface area (Å²) in [5.41, 5.74) is 6.94. The Hall–Kier alpha value is -1.31. The fourth-order valence-corrected chi connectivity index (χ4v) is 6.45. The summed E-state index contributed by atoms with van der Waals surface area (Å²) in [4.78, 5) is 9.77. The molecule has 0 saturated heterocycles. The van der Waals surface area contributed by atoms with Crippen molar-refractivity contribution in [2.24, 2.45) is 11.8 Å². The summed E-state index contributed by atoms with van der Waals surface area (Å²) in [5, 5.41) is 0. The topological polar surface area (TPSA) is 46.5 Å². The zero-order chi connectivity index (χ0) is 19.0. The van der Waals surface area contributed by atoms with Crippen LogP contribution in [0.5, 0.6) is 0 Å². The van der Waals surface area contributed by atoms with Crippen molar-refractivity contribution >= 4 is 13.1 Å². The van der Waals surface area contributed by atoms with Gasteiger partial charge in [0, 0.05) is 24.3 Å².